The third kappa shape index (κ3) is 2.91. The number of hydrogen-bond donors (Lipinski definition) is 3. The third-order valence-corrected chi connectivity index (χ3v) is 6.23. The molecule has 30 heavy (non-hydrogen) atoms. The average molecular weight is 409 g/mol. The summed E-state index contributed by atoms with van der Waals surface area (Å²) in [5.74, 6) is -2.00. The van der Waals surface area contributed by atoms with Crippen LogP contribution in [0.1, 0.15) is 40.0 Å². The van der Waals surface area contributed by atoms with E-state index in [-0.39, 0.29) is 6.61 Å². The van der Waals surface area contributed by atoms with Crippen LogP contribution in [0.25, 0.3) is 22.2 Å². The molecule has 3 aromatic rings. The first-order valence-corrected chi connectivity index (χ1v) is 10.1. The predicted molar refractivity (Wildman–Crippen MR) is 111 cm³/mol. The zero-order chi connectivity index (χ0) is 21.0. The highest BCUT2D eigenvalue weighted by atomic mass is 16.5. The second-order valence-corrected chi connectivity index (χ2v) is 8.08. The molecule has 2 aromatic heterocycles. The number of aromatic nitrogens is 2. The number of nitrogens with one attached hydrogen (secondary N) is 1. The lowest BCUT2D eigenvalue weighted by Gasteiger charge is -2.15. The molecule has 3 N–H and O–H groups in total. The fourth-order valence-electron chi connectivity index (χ4n) is 4.62. The molecule has 1 saturated heterocycles. The smallest absolute Gasteiger partial charge is 0.345 e. The molecule has 0 spiro atoms. The van der Waals surface area contributed by atoms with Crippen molar-refractivity contribution >= 4 is 16.9 Å². The van der Waals surface area contributed by atoms with Crippen LogP contribution in [0.15, 0.2) is 23.0 Å². The Morgan fingerprint density at radius 1 is 1.20 bits per heavy atom. The highest BCUT2D eigenvalue weighted by Crippen LogP contribution is 2.37. The summed E-state index contributed by atoms with van der Waals surface area (Å²) < 4.78 is 7.90. The first kappa shape index (κ1) is 18.9. The molecule has 8 heteroatoms. The maximum absolute atomic E-state index is 12.3. The van der Waals surface area contributed by atoms with Crippen molar-refractivity contribution in [2.75, 3.05) is 13.1 Å². The number of benzene rings is 1. The number of aromatic carboxylic acids is 1. The number of carboxylic acids is 1. The maximum Gasteiger partial charge on any atom is 0.345 e. The molecule has 5 rings (SSSR count). The van der Waals surface area contributed by atoms with E-state index in [2.05, 4.69) is 27.6 Å². The largest absolute Gasteiger partial charge is 0.506 e. The lowest BCUT2D eigenvalue weighted by Crippen LogP contribution is -2.20. The number of likely N-dealkylation sites (tertiary alicyclic amines) is 1. The van der Waals surface area contributed by atoms with Crippen molar-refractivity contribution in [3.8, 4) is 17.0 Å². The molecule has 0 atom stereocenters. The summed E-state index contributed by atoms with van der Waals surface area (Å²) in [6.45, 7) is 3.44. The quantitative estimate of drug-likeness (QED) is 0.614. The summed E-state index contributed by atoms with van der Waals surface area (Å²) in [5.41, 5.74) is 3.14. The van der Waals surface area contributed by atoms with E-state index >= 15 is 0 Å². The fraction of sp³-hybridized carbons (Fsp3) is 0.364. The molecule has 156 valence electrons. The summed E-state index contributed by atoms with van der Waals surface area (Å²) in [5, 5.41) is 20.8. The number of aromatic amines is 1. The van der Waals surface area contributed by atoms with Gasteiger partial charge in [0, 0.05) is 41.3 Å². The zero-order valence-corrected chi connectivity index (χ0v) is 16.7. The number of H-pyrrole nitrogens is 1. The van der Waals surface area contributed by atoms with E-state index < -0.39 is 22.8 Å². The van der Waals surface area contributed by atoms with E-state index in [0.29, 0.717) is 17.9 Å². The normalized spacial score (nSPS) is 16.4. The molecule has 0 amide bonds. The molecule has 1 aromatic carbocycles. The van der Waals surface area contributed by atoms with Crippen LogP contribution in [0.2, 0.25) is 0 Å². The molecule has 0 unspecified atom stereocenters. The van der Waals surface area contributed by atoms with Crippen molar-refractivity contribution in [3.63, 3.8) is 0 Å². The number of aromatic hydroxyl groups is 1. The number of rotatable bonds is 3. The topological polar surface area (TPSA) is 108 Å². The Kier molecular flexibility index (Phi) is 4.41. The van der Waals surface area contributed by atoms with Crippen LogP contribution in [0.3, 0.4) is 0 Å². The van der Waals surface area contributed by atoms with Gasteiger partial charge in [-0.15, -0.1) is 0 Å². The summed E-state index contributed by atoms with van der Waals surface area (Å²) in [6.07, 6.45) is 2.48. The van der Waals surface area contributed by atoms with Gasteiger partial charge in [0.25, 0.3) is 5.56 Å². The second-order valence-electron chi connectivity index (χ2n) is 8.08. The number of hydrogen-bond acceptors (Lipinski definition) is 5. The van der Waals surface area contributed by atoms with Crippen LogP contribution in [0, 0.1) is 0 Å². The first-order valence-electron chi connectivity index (χ1n) is 10.1. The van der Waals surface area contributed by atoms with E-state index in [9.17, 15) is 19.8 Å². The van der Waals surface area contributed by atoms with Crippen molar-refractivity contribution in [2.45, 2.75) is 32.6 Å². The molecule has 0 aliphatic carbocycles. The molecule has 0 saturated carbocycles. The van der Waals surface area contributed by atoms with Gasteiger partial charge >= 0.3 is 5.97 Å². The van der Waals surface area contributed by atoms with Gasteiger partial charge in [-0.05, 0) is 49.7 Å². The number of ether oxygens (including phenoxy) is 1. The Hall–Kier alpha value is -3.10. The molecular formula is C22H23N3O5. The van der Waals surface area contributed by atoms with Gasteiger partial charge in [-0.1, -0.05) is 0 Å². The molecule has 4 heterocycles. The third-order valence-electron chi connectivity index (χ3n) is 6.23. The van der Waals surface area contributed by atoms with Crippen molar-refractivity contribution in [1.29, 1.82) is 0 Å². The van der Waals surface area contributed by atoms with Gasteiger partial charge in [-0.3, -0.25) is 9.69 Å². The number of carboxylic acid groups (broad SMARTS) is 1. The van der Waals surface area contributed by atoms with Crippen LogP contribution in [0.4, 0.5) is 0 Å². The van der Waals surface area contributed by atoms with Gasteiger partial charge in [0.2, 0.25) is 0 Å². The fourth-order valence-corrected chi connectivity index (χ4v) is 4.62. The lowest BCUT2D eigenvalue weighted by atomic mass is 9.98. The molecule has 0 radical (unpaired) electrons. The molecule has 1 fully saturated rings. The minimum absolute atomic E-state index is 0.0173. The van der Waals surface area contributed by atoms with Gasteiger partial charge in [0.1, 0.15) is 5.75 Å². The zero-order valence-electron chi connectivity index (χ0n) is 16.7. The minimum Gasteiger partial charge on any atom is -0.506 e. The van der Waals surface area contributed by atoms with Crippen molar-refractivity contribution < 1.29 is 19.7 Å². The Morgan fingerprint density at radius 2 is 1.97 bits per heavy atom. The predicted octanol–water partition coefficient (Wildman–Crippen LogP) is 2.56. The van der Waals surface area contributed by atoms with E-state index in [4.69, 9.17) is 4.74 Å². The summed E-state index contributed by atoms with van der Waals surface area (Å²) in [4.78, 5) is 28.8. The van der Waals surface area contributed by atoms with Crippen LogP contribution >= 0.6 is 0 Å². The van der Waals surface area contributed by atoms with Crippen molar-refractivity contribution in [2.24, 2.45) is 7.05 Å². The van der Waals surface area contributed by atoms with E-state index in [1.165, 1.54) is 18.5 Å². The maximum atomic E-state index is 12.3. The number of aryl methyl sites for hydroxylation is 1. The number of nitrogens with zero attached hydrogens (tertiary/aromatic N) is 2. The molecule has 2 aliphatic heterocycles. The average Bonchev–Trinajstić information content (AvgIpc) is 3.26. The molecule has 8 nitrogen and oxygen atoms in total. The van der Waals surface area contributed by atoms with Crippen LogP contribution in [-0.4, -0.2) is 43.7 Å². The van der Waals surface area contributed by atoms with Gasteiger partial charge in [-0.25, -0.2) is 4.79 Å². The first-order chi connectivity index (χ1) is 14.4. The standard InChI is InChI=1S/C22H23N3O5/c1-24-14(9-25-4-2-3-5-25)6-12-7-15-13(8-17(12)24)10-30-11-16-19(15)23-21(27)18(20(16)26)22(28)29/h6-8H,2-5,9-11H2,1H3,(H,28,29)(H2,23,26,27). The van der Waals surface area contributed by atoms with E-state index in [1.54, 1.807) is 0 Å². The van der Waals surface area contributed by atoms with E-state index in [0.717, 1.165) is 41.7 Å². The monoisotopic (exact) mass is 409 g/mol. The SMILES string of the molecule is Cn1c(CN2CCCC2)cc2cc3c(cc21)COCc1c-3[nH]c(=O)c(C(=O)O)c1O. The lowest BCUT2D eigenvalue weighted by molar-refractivity contribution is 0.0690. The number of carbonyl (C=O) groups is 1. The van der Waals surface area contributed by atoms with E-state index in [1.807, 2.05) is 12.1 Å². The van der Waals surface area contributed by atoms with Crippen LogP contribution in [0.5, 0.6) is 5.75 Å². The number of pyridine rings is 1. The van der Waals surface area contributed by atoms with Crippen LogP contribution < -0.4 is 5.56 Å². The Balaban J connectivity index is 1.67. The van der Waals surface area contributed by atoms with Gasteiger partial charge in [0.15, 0.2) is 5.56 Å². The highest BCUT2D eigenvalue weighted by molar-refractivity contribution is 5.93. The van der Waals surface area contributed by atoms with Crippen molar-refractivity contribution in [3.05, 3.63) is 50.9 Å². The second kappa shape index (κ2) is 7.00. The Labute approximate surface area is 172 Å². The molecular weight excluding hydrogens is 386 g/mol. The summed E-state index contributed by atoms with van der Waals surface area (Å²) in [7, 11) is 2.05. The van der Waals surface area contributed by atoms with Gasteiger partial charge in [-0.2, -0.15) is 0 Å². The van der Waals surface area contributed by atoms with Gasteiger partial charge < -0.3 is 24.5 Å². The molecule has 0 bridgehead atoms. The molecule has 2 aliphatic rings. The highest BCUT2D eigenvalue weighted by Gasteiger charge is 2.26. The minimum atomic E-state index is -1.47. The summed E-state index contributed by atoms with van der Waals surface area (Å²) >= 11 is 0. The Bertz CT molecular complexity index is 1230. The Morgan fingerprint density at radius 3 is 2.70 bits per heavy atom. The van der Waals surface area contributed by atoms with Crippen molar-refractivity contribution in [1.82, 2.24) is 14.5 Å². The van der Waals surface area contributed by atoms with Gasteiger partial charge in [0.05, 0.1) is 18.9 Å². The van der Waals surface area contributed by atoms with Crippen LogP contribution in [-0.2, 0) is 31.5 Å². The summed E-state index contributed by atoms with van der Waals surface area (Å²) in [6, 6.07) is 6.19. The number of fused-ring (bicyclic) bond motifs is 4.